The van der Waals surface area contributed by atoms with Crippen LogP contribution in [-0.2, 0) is 11.3 Å². The Morgan fingerprint density at radius 3 is 2.66 bits per heavy atom. The first-order chi connectivity index (χ1) is 15.5. The van der Waals surface area contributed by atoms with Crippen LogP contribution >= 0.6 is 27.7 Å². The van der Waals surface area contributed by atoms with E-state index in [9.17, 15) is 9.90 Å². The molecule has 0 aliphatic rings. The standard InChI is InChI=1S/C21H22BrN5O4S/c1-4-27-20(14-5-7-15(30-2)8-6-14)25-26-21(27)32-12-18(28)24-23-11-13-9-16(22)19(29)17(10-13)31-3/h5-11,29H,4,12H2,1-3H3,(H,24,28)/b23-11+. The number of hydrogen-bond donors (Lipinski definition) is 2. The van der Waals surface area contributed by atoms with E-state index in [4.69, 9.17) is 9.47 Å². The first-order valence-corrected chi connectivity index (χ1v) is 11.3. The molecule has 0 aliphatic heterocycles. The van der Waals surface area contributed by atoms with Crippen molar-refractivity contribution in [1.82, 2.24) is 20.2 Å². The number of hydrazone groups is 1. The van der Waals surface area contributed by atoms with Crippen molar-refractivity contribution >= 4 is 39.8 Å². The van der Waals surface area contributed by atoms with Crippen LogP contribution in [-0.4, -0.2) is 52.0 Å². The fraction of sp³-hybridized carbons (Fsp3) is 0.238. The molecule has 3 rings (SSSR count). The molecule has 0 bridgehead atoms. The zero-order valence-corrected chi connectivity index (χ0v) is 20.1. The molecule has 0 fully saturated rings. The van der Waals surface area contributed by atoms with Gasteiger partial charge in [-0.25, -0.2) is 5.43 Å². The summed E-state index contributed by atoms with van der Waals surface area (Å²) in [5, 5.41) is 23.0. The van der Waals surface area contributed by atoms with Crippen molar-refractivity contribution < 1.29 is 19.4 Å². The Hall–Kier alpha value is -3.05. The first kappa shape index (κ1) is 23.6. The predicted octanol–water partition coefficient (Wildman–Crippen LogP) is 3.69. The summed E-state index contributed by atoms with van der Waals surface area (Å²) in [6, 6.07) is 10.8. The summed E-state index contributed by atoms with van der Waals surface area (Å²) in [5.74, 6) is 1.63. The van der Waals surface area contributed by atoms with E-state index < -0.39 is 0 Å². The van der Waals surface area contributed by atoms with Crippen molar-refractivity contribution in [1.29, 1.82) is 0 Å². The van der Waals surface area contributed by atoms with Crippen molar-refractivity contribution in [2.75, 3.05) is 20.0 Å². The summed E-state index contributed by atoms with van der Waals surface area (Å²) in [5.41, 5.74) is 4.04. The molecule has 11 heteroatoms. The number of hydrogen-bond acceptors (Lipinski definition) is 8. The summed E-state index contributed by atoms with van der Waals surface area (Å²) in [6.45, 7) is 2.66. The minimum absolute atomic E-state index is 0.000805. The number of aromatic nitrogens is 3. The van der Waals surface area contributed by atoms with Crippen molar-refractivity contribution in [3.05, 3.63) is 46.4 Å². The van der Waals surface area contributed by atoms with Gasteiger partial charge in [0, 0.05) is 12.1 Å². The van der Waals surface area contributed by atoms with Gasteiger partial charge < -0.3 is 19.1 Å². The summed E-state index contributed by atoms with van der Waals surface area (Å²) in [6.07, 6.45) is 1.46. The van der Waals surface area contributed by atoms with Gasteiger partial charge in [-0.1, -0.05) is 11.8 Å². The van der Waals surface area contributed by atoms with Gasteiger partial charge in [0.2, 0.25) is 0 Å². The zero-order valence-electron chi connectivity index (χ0n) is 17.7. The highest BCUT2D eigenvalue weighted by Crippen LogP contribution is 2.34. The summed E-state index contributed by atoms with van der Waals surface area (Å²) >= 11 is 4.52. The third-order valence-electron chi connectivity index (χ3n) is 4.39. The topological polar surface area (TPSA) is 111 Å². The molecular weight excluding hydrogens is 498 g/mol. The van der Waals surface area contributed by atoms with Crippen LogP contribution in [0.15, 0.2) is 51.1 Å². The van der Waals surface area contributed by atoms with E-state index in [0.717, 1.165) is 17.1 Å². The number of nitrogens with zero attached hydrogens (tertiary/aromatic N) is 4. The lowest BCUT2D eigenvalue weighted by Gasteiger charge is -2.08. The largest absolute Gasteiger partial charge is 0.503 e. The molecule has 1 heterocycles. The molecule has 1 aromatic heterocycles. The van der Waals surface area contributed by atoms with E-state index in [1.54, 1.807) is 19.2 Å². The molecule has 0 saturated carbocycles. The number of carbonyl (C=O) groups is 1. The number of ether oxygens (including phenoxy) is 2. The summed E-state index contributed by atoms with van der Waals surface area (Å²) < 4.78 is 12.7. The van der Waals surface area contributed by atoms with Gasteiger partial charge in [-0.3, -0.25) is 4.79 Å². The highest BCUT2D eigenvalue weighted by molar-refractivity contribution is 9.10. The Labute approximate surface area is 198 Å². The molecule has 0 atom stereocenters. The van der Waals surface area contributed by atoms with E-state index in [-0.39, 0.29) is 17.4 Å². The third-order valence-corrected chi connectivity index (χ3v) is 5.96. The average molecular weight is 520 g/mol. The van der Waals surface area contributed by atoms with Gasteiger partial charge in [0.15, 0.2) is 22.5 Å². The van der Waals surface area contributed by atoms with Crippen LogP contribution in [0.3, 0.4) is 0 Å². The normalized spacial score (nSPS) is 11.0. The molecule has 32 heavy (non-hydrogen) atoms. The number of halogens is 1. The van der Waals surface area contributed by atoms with Crippen LogP contribution in [0.5, 0.6) is 17.2 Å². The van der Waals surface area contributed by atoms with Gasteiger partial charge in [-0.2, -0.15) is 5.10 Å². The number of aromatic hydroxyl groups is 1. The minimum atomic E-state index is -0.285. The zero-order chi connectivity index (χ0) is 23.1. The molecule has 1 amide bonds. The molecule has 168 valence electrons. The Balaban J connectivity index is 1.61. The van der Waals surface area contributed by atoms with Crippen molar-refractivity contribution in [2.45, 2.75) is 18.6 Å². The molecule has 0 radical (unpaired) electrons. The molecular formula is C21H22BrN5O4S. The smallest absolute Gasteiger partial charge is 0.250 e. The van der Waals surface area contributed by atoms with Gasteiger partial charge in [0.05, 0.1) is 30.7 Å². The van der Waals surface area contributed by atoms with Crippen LogP contribution < -0.4 is 14.9 Å². The van der Waals surface area contributed by atoms with Crippen LogP contribution in [0.4, 0.5) is 0 Å². The van der Waals surface area contributed by atoms with Crippen LogP contribution in [0.1, 0.15) is 12.5 Å². The van der Waals surface area contributed by atoms with Gasteiger partial charge in [0.25, 0.3) is 5.91 Å². The van der Waals surface area contributed by atoms with Crippen LogP contribution in [0.2, 0.25) is 0 Å². The number of thioether (sulfide) groups is 1. The maximum absolute atomic E-state index is 12.2. The van der Waals surface area contributed by atoms with Gasteiger partial charge in [-0.05, 0) is 64.8 Å². The molecule has 0 aliphatic carbocycles. The minimum Gasteiger partial charge on any atom is -0.503 e. The van der Waals surface area contributed by atoms with Crippen molar-refractivity contribution in [2.24, 2.45) is 5.10 Å². The number of benzene rings is 2. The molecule has 9 nitrogen and oxygen atoms in total. The summed E-state index contributed by atoms with van der Waals surface area (Å²) in [4.78, 5) is 12.2. The fourth-order valence-electron chi connectivity index (χ4n) is 2.80. The molecule has 2 aromatic carbocycles. The second-order valence-electron chi connectivity index (χ2n) is 6.41. The lowest BCUT2D eigenvalue weighted by molar-refractivity contribution is -0.118. The maximum Gasteiger partial charge on any atom is 0.250 e. The Morgan fingerprint density at radius 2 is 2.00 bits per heavy atom. The molecule has 0 saturated heterocycles. The third kappa shape index (κ3) is 5.60. The summed E-state index contributed by atoms with van der Waals surface area (Å²) in [7, 11) is 3.07. The van der Waals surface area contributed by atoms with E-state index in [0.29, 0.717) is 27.5 Å². The second kappa shape index (κ2) is 11.0. The van der Waals surface area contributed by atoms with Crippen molar-refractivity contribution in [3.8, 4) is 28.6 Å². The number of methoxy groups -OCH3 is 2. The highest BCUT2D eigenvalue weighted by Gasteiger charge is 2.14. The van der Waals surface area contributed by atoms with Gasteiger partial charge >= 0.3 is 0 Å². The molecule has 2 N–H and O–H groups in total. The van der Waals surface area contributed by atoms with E-state index in [1.165, 1.54) is 25.1 Å². The van der Waals surface area contributed by atoms with Crippen LogP contribution in [0, 0.1) is 0 Å². The van der Waals surface area contributed by atoms with Crippen LogP contribution in [0.25, 0.3) is 11.4 Å². The number of phenols is 1. The number of rotatable bonds is 9. The van der Waals surface area contributed by atoms with Gasteiger partial charge in [0.1, 0.15) is 5.75 Å². The lowest BCUT2D eigenvalue weighted by Crippen LogP contribution is -2.20. The SMILES string of the molecule is CCn1c(SCC(=O)N/N=C/c2cc(Br)c(O)c(OC)c2)nnc1-c1ccc(OC)cc1. The average Bonchev–Trinajstić information content (AvgIpc) is 3.22. The fourth-order valence-corrected chi connectivity index (χ4v) is 4.05. The number of nitrogens with one attached hydrogen (secondary N) is 1. The lowest BCUT2D eigenvalue weighted by atomic mass is 10.2. The maximum atomic E-state index is 12.2. The quantitative estimate of drug-likeness (QED) is 0.252. The first-order valence-electron chi connectivity index (χ1n) is 9.55. The van der Waals surface area contributed by atoms with E-state index >= 15 is 0 Å². The van der Waals surface area contributed by atoms with E-state index in [1.807, 2.05) is 35.8 Å². The van der Waals surface area contributed by atoms with Gasteiger partial charge in [-0.15, -0.1) is 10.2 Å². The monoisotopic (exact) mass is 519 g/mol. The number of carbonyl (C=O) groups excluding carboxylic acids is 1. The highest BCUT2D eigenvalue weighted by atomic mass is 79.9. The predicted molar refractivity (Wildman–Crippen MR) is 127 cm³/mol. The Morgan fingerprint density at radius 1 is 1.25 bits per heavy atom. The Bertz CT molecular complexity index is 1120. The van der Waals surface area contributed by atoms with E-state index in [2.05, 4.69) is 36.7 Å². The number of phenolic OH excluding ortho intramolecular Hbond substituents is 1. The Kier molecular flexibility index (Phi) is 8.12. The van der Waals surface area contributed by atoms with Crippen molar-refractivity contribution in [3.63, 3.8) is 0 Å². The molecule has 0 spiro atoms. The number of amides is 1. The second-order valence-corrected chi connectivity index (χ2v) is 8.21. The molecule has 3 aromatic rings. The molecule has 0 unspecified atom stereocenters.